The van der Waals surface area contributed by atoms with Gasteiger partial charge in [0.05, 0.1) is 11.0 Å². The fourth-order valence-electron chi connectivity index (χ4n) is 3.02. The van der Waals surface area contributed by atoms with Gasteiger partial charge in [-0.15, -0.1) is 0 Å². The van der Waals surface area contributed by atoms with Crippen LogP contribution >= 0.6 is 0 Å². The first-order valence-corrected chi connectivity index (χ1v) is 5.66. The van der Waals surface area contributed by atoms with Gasteiger partial charge in [-0.1, -0.05) is 6.07 Å². The van der Waals surface area contributed by atoms with E-state index in [0.29, 0.717) is 18.5 Å². The lowest BCUT2D eigenvalue weighted by atomic mass is 9.99. The molecule has 0 aliphatic heterocycles. The summed E-state index contributed by atoms with van der Waals surface area (Å²) in [5, 5.41) is 20.8. The van der Waals surface area contributed by atoms with Crippen molar-refractivity contribution in [1.29, 1.82) is 0 Å². The highest BCUT2D eigenvalue weighted by Gasteiger charge is 2.33. The Hall–Kier alpha value is -1.42. The zero-order chi connectivity index (χ0) is 11.3. The molecule has 0 heterocycles. The van der Waals surface area contributed by atoms with E-state index in [0.717, 1.165) is 41.5 Å². The van der Waals surface area contributed by atoms with Gasteiger partial charge >= 0.3 is 0 Å². The maximum Gasteiger partial charge on any atom is 0.276 e. The number of hydrogen-bond donors (Lipinski definition) is 1. The van der Waals surface area contributed by atoms with E-state index in [9.17, 15) is 15.2 Å². The van der Waals surface area contributed by atoms with Crippen molar-refractivity contribution in [3.05, 3.63) is 38.4 Å². The Balaban J connectivity index is 2.25. The molecular weight excluding hydrogens is 206 g/mol. The first-order valence-electron chi connectivity index (χ1n) is 5.66. The van der Waals surface area contributed by atoms with Gasteiger partial charge in [0.1, 0.15) is 0 Å². The van der Waals surface area contributed by atoms with Crippen molar-refractivity contribution in [2.24, 2.45) is 0 Å². The summed E-state index contributed by atoms with van der Waals surface area (Å²) in [4.78, 5) is 10.9. The molecule has 4 nitrogen and oxygen atoms in total. The van der Waals surface area contributed by atoms with Gasteiger partial charge in [0.15, 0.2) is 0 Å². The summed E-state index contributed by atoms with van der Waals surface area (Å²) in [5.41, 5.74) is 4.09. The van der Waals surface area contributed by atoms with E-state index in [1.165, 1.54) is 0 Å². The van der Waals surface area contributed by atoms with Crippen molar-refractivity contribution in [3.8, 4) is 0 Å². The highest BCUT2D eigenvalue weighted by molar-refractivity contribution is 5.59. The van der Waals surface area contributed by atoms with Crippen molar-refractivity contribution in [2.75, 3.05) is 0 Å². The van der Waals surface area contributed by atoms with E-state index in [4.69, 9.17) is 0 Å². The second kappa shape index (κ2) is 3.28. The molecule has 1 aromatic carbocycles. The van der Waals surface area contributed by atoms with Crippen LogP contribution in [0.25, 0.3) is 0 Å². The zero-order valence-electron chi connectivity index (χ0n) is 8.90. The SMILES string of the molecule is O=[N+]([O-])c1c2c(cc3c1CC(O)C3)CCC2. The number of nitro benzene ring substituents is 1. The van der Waals surface area contributed by atoms with Crippen LogP contribution in [0, 0.1) is 10.1 Å². The molecule has 16 heavy (non-hydrogen) atoms. The first-order chi connectivity index (χ1) is 7.66. The predicted molar refractivity (Wildman–Crippen MR) is 58.5 cm³/mol. The molecule has 0 bridgehead atoms. The van der Waals surface area contributed by atoms with Gasteiger partial charge in [0.2, 0.25) is 0 Å². The van der Waals surface area contributed by atoms with Gasteiger partial charge in [-0.25, -0.2) is 0 Å². The second-order valence-corrected chi connectivity index (χ2v) is 4.67. The van der Waals surface area contributed by atoms with Crippen LogP contribution in [0.2, 0.25) is 0 Å². The van der Waals surface area contributed by atoms with Crippen molar-refractivity contribution in [3.63, 3.8) is 0 Å². The fourth-order valence-corrected chi connectivity index (χ4v) is 3.02. The number of hydrogen-bond acceptors (Lipinski definition) is 3. The largest absolute Gasteiger partial charge is 0.392 e. The van der Waals surface area contributed by atoms with Crippen molar-refractivity contribution in [2.45, 2.75) is 38.2 Å². The maximum atomic E-state index is 11.2. The minimum atomic E-state index is -0.434. The molecule has 0 saturated carbocycles. The van der Waals surface area contributed by atoms with E-state index < -0.39 is 6.10 Å². The van der Waals surface area contributed by atoms with E-state index in [1.54, 1.807) is 0 Å². The first kappa shape index (κ1) is 9.78. The molecule has 1 N–H and O–H groups in total. The molecule has 2 aliphatic rings. The third-order valence-electron chi connectivity index (χ3n) is 3.65. The number of aliphatic hydroxyl groups is 1. The number of fused-ring (bicyclic) bond motifs is 2. The number of aliphatic hydroxyl groups excluding tert-OH is 1. The molecular formula is C12H13NO3. The maximum absolute atomic E-state index is 11.2. The Morgan fingerprint density at radius 3 is 2.81 bits per heavy atom. The van der Waals surface area contributed by atoms with Crippen LogP contribution in [0.5, 0.6) is 0 Å². The van der Waals surface area contributed by atoms with Crippen molar-refractivity contribution in [1.82, 2.24) is 0 Å². The van der Waals surface area contributed by atoms with E-state index in [-0.39, 0.29) is 4.92 Å². The topological polar surface area (TPSA) is 63.4 Å². The average Bonchev–Trinajstić information content (AvgIpc) is 2.77. The molecule has 1 unspecified atom stereocenters. The van der Waals surface area contributed by atoms with E-state index in [1.807, 2.05) is 0 Å². The third-order valence-corrected chi connectivity index (χ3v) is 3.65. The minimum Gasteiger partial charge on any atom is -0.392 e. The molecule has 0 fully saturated rings. The summed E-state index contributed by atoms with van der Waals surface area (Å²) in [5.74, 6) is 0. The smallest absolute Gasteiger partial charge is 0.276 e. The Morgan fingerprint density at radius 1 is 1.25 bits per heavy atom. The lowest BCUT2D eigenvalue weighted by molar-refractivity contribution is -0.386. The molecule has 1 atom stereocenters. The van der Waals surface area contributed by atoms with Crippen molar-refractivity contribution >= 4 is 5.69 Å². The molecule has 0 spiro atoms. The van der Waals surface area contributed by atoms with Gasteiger partial charge in [-0.3, -0.25) is 10.1 Å². The van der Waals surface area contributed by atoms with E-state index in [2.05, 4.69) is 6.07 Å². The number of benzene rings is 1. The monoisotopic (exact) mass is 219 g/mol. The highest BCUT2D eigenvalue weighted by Crippen LogP contribution is 2.39. The van der Waals surface area contributed by atoms with Crippen LogP contribution in [-0.2, 0) is 25.7 Å². The molecule has 1 aromatic rings. The summed E-state index contributed by atoms with van der Waals surface area (Å²) < 4.78 is 0. The van der Waals surface area contributed by atoms with E-state index >= 15 is 0 Å². The summed E-state index contributed by atoms with van der Waals surface area (Å²) in [6.07, 6.45) is 3.36. The van der Waals surface area contributed by atoms with Crippen LogP contribution in [-0.4, -0.2) is 16.1 Å². The van der Waals surface area contributed by atoms with Crippen LogP contribution in [0.15, 0.2) is 6.07 Å². The Bertz CT molecular complexity index is 482. The molecule has 0 radical (unpaired) electrons. The quantitative estimate of drug-likeness (QED) is 0.575. The van der Waals surface area contributed by atoms with Crippen LogP contribution in [0.1, 0.15) is 28.7 Å². The number of rotatable bonds is 1. The van der Waals surface area contributed by atoms with Gasteiger partial charge in [-0.05, 0) is 36.8 Å². The Morgan fingerprint density at radius 2 is 2.06 bits per heavy atom. The summed E-state index contributed by atoms with van der Waals surface area (Å²) in [7, 11) is 0. The normalized spacial score (nSPS) is 21.9. The summed E-state index contributed by atoms with van der Waals surface area (Å²) in [6, 6.07) is 2.07. The Labute approximate surface area is 93.1 Å². The lowest BCUT2D eigenvalue weighted by Gasteiger charge is -2.06. The number of nitrogens with zero attached hydrogens (tertiary/aromatic N) is 1. The molecule has 4 heteroatoms. The zero-order valence-corrected chi connectivity index (χ0v) is 8.90. The molecule has 2 aliphatic carbocycles. The average molecular weight is 219 g/mol. The van der Waals surface area contributed by atoms with Gasteiger partial charge in [-0.2, -0.15) is 0 Å². The lowest BCUT2D eigenvalue weighted by Crippen LogP contribution is -2.04. The van der Waals surface area contributed by atoms with Gasteiger partial charge in [0, 0.05) is 17.5 Å². The second-order valence-electron chi connectivity index (χ2n) is 4.67. The van der Waals surface area contributed by atoms with Crippen LogP contribution < -0.4 is 0 Å². The molecule has 0 saturated heterocycles. The van der Waals surface area contributed by atoms with Gasteiger partial charge < -0.3 is 5.11 Å². The molecule has 0 amide bonds. The third kappa shape index (κ3) is 1.26. The summed E-state index contributed by atoms with van der Waals surface area (Å²) in [6.45, 7) is 0. The number of nitro groups is 1. The minimum absolute atomic E-state index is 0.263. The highest BCUT2D eigenvalue weighted by atomic mass is 16.6. The predicted octanol–water partition coefficient (Wildman–Crippen LogP) is 1.54. The van der Waals surface area contributed by atoms with Crippen LogP contribution in [0.4, 0.5) is 5.69 Å². The van der Waals surface area contributed by atoms with Crippen LogP contribution in [0.3, 0.4) is 0 Å². The molecule has 0 aromatic heterocycles. The fraction of sp³-hybridized carbons (Fsp3) is 0.500. The number of aryl methyl sites for hydroxylation is 1. The van der Waals surface area contributed by atoms with Crippen molar-refractivity contribution < 1.29 is 10.0 Å². The standard InChI is InChI=1S/C12H13NO3/c14-9-5-8-4-7-2-1-3-10(7)12(13(15)16)11(8)6-9/h4,9,14H,1-3,5-6H2. The molecule has 84 valence electrons. The summed E-state index contributed by atoms with van der Waals surface area (Å²) >= 11 is 0. The molecule has 3 rings (SSSR count). The van der Waals surface area contributed by atoms with Gasteiger partial charge in [0.25, 0.3) is 5.69 Å². The Kier molecular flexibility index (Phi) is 2.01.